The van der Waals surface area contributed by atoms with Gasteiger partial charge >= 0.3 is 6.30 Å². The molecule has 3 atom stereocenters. The van der Waals surface area contributed by atoms with Crippen molar-refractivity contribution >= 4 is 11.6 Å². The van der Waals surface area contributed by atoms with E-state index in [0.717, 1.165) is 12.1 Å². The molecule has 2 nitrogen and oxygen atoms in total. The predicted molar refractivity (Wildman–Crippen MR) is 74.6 cm³/mol. The lowest BCUT2D eigenvalue weighted by Crippen LogP contribution is -2.35. The van der Waals surface area contributed by atoms with Crippen molar-refractivity contribution in [2.75, 3.05) is 0 Å². The molecule has 2 aromatic rings. The number of nitrogens with zero attached hydrogens (tertiary/aromatic N) is 1. The Kier molecular flexibility index (Phi) is 4.08. The minimum Gasteiger partial charge on any atom is -0.384 e. The van der Waals surface area contributed by atoms with Crippen molar-refractivity contribution in [3.63, 3.8) is 0 Å². The van der Waals surface area contributed by atoms with Gasteiger partial charge in [0.15, 0.2) is 6.17 Å². The van der Waals surface area contributed by atoms with Crippen LogP contribution in [0.3, 0.4) is 0 Å². The number of benzene rings is 1. The topological polar surface area (TPSA) is 25.2 Å². The largest absolute Gasteiger partial charge is 0.488 e. The average molecular weight is 370 g/mol. The Hall–Kier alpha value is -1.67. The molecule has 1 N–H and O–H groups in total. The van der Waals surface area contributed by atoms with Gasteiger partial charge in [0.2, 0.25) is 0 Å². The van der Waals surface area contributed by atoms with E-state index in [-0.39, 0.29) is 26.3 Å². The van der Waals surface area contributed by atoms with E-state index < -0.39 is 42.7 Å². The summed E-state index contributed by atoms with van der Waals surface area (Å²) in [6.45, 7) is 0. The second-order valence-electron chi connectivity index (χ2n) is 5.51. The lowest BCUT2D eigenvalue weighted by molar-refractivity contribution is -0.208. The molecule has 1 aromatic heterocycles. The molecule has 0 amide bonds. The summed E-state index contributed by atoms with van der Waals surface area (Å²) in [6.07, 6.45) is -12.0. The predicted octanol–water partition coefficient (Wildman–Crippen LogP) is 4.69. The first kappa shape index (κ1) is 17.2. The minimum atomic E-state index is -4.96. The number of halogens is 7. The number of rotatable bonds is 1. The second kappa shape index (κ2) is 5.70. The molecular weight excluding hydrogens is 360 g/mol. The summed E-state index contributed by atoms with van der Waals surface area (Å²) in [5.74, 6) is -0.789. The third-order valence-electron chi connectivity index (χ3n) is 3.93. The molecule has 0 spiro atoms. The van der Waals surface area contributed by atoms with Crippen LogP contribution < -0.4 is 0 Å². The highest BCUT2D eigenvalue weighted by Crippen LogP contribution is 2.44. The Morgan fingerprint density at radius 3 is 2.42 bits per heavy atom. The summed E-state index contributed by atoms with van der Waals surface area (Å²) < 4.78 is 80.2. The molecule has 0 radical (unpaired) electrons. The number of aliphatic hydroxyl groups is 1. The maximum Gasteiger partial charge on any atom is 0.488 e. The first-order chi connectivity index (χ1) is 11.1. The van der Waals surface area contributed by atoms with Crippen LogP contribution in [0.25, 0.3) is 11.1 Å². The maximum absolute atomic E-state index is 13.7. The lowest BCUT2D eigenvalue weighted by Gasteiger charge is -2.28. The zero-order chi connectivity index (χ0) is 17.8. The quantitative estimate of drug-likeness (QED) is 0.725. The van der Waals surface area contributed by atoms with Crippen LogP contribution in [0.15, 0.2) is 24.4 Å². The van der Waals surface area contributed by atoms with Gasteiger partial charge < -0.3 is 5.11 Å². The van der Waals surface area contributed by atoms with E-state index in [4.69, 9.17) is 11.6 Å². The van der Waals surface area contributed by atoms with Crippen molar-refractivity contribution in [3.8, 4) is 11.1 Å². The van der Waals surface area contributed by atoms with Gasteiger partial charge in [0, 0.05) is 23.2 Å². The lowest BCUT2D eigenvalue weighted by atomic mass is 9.88. The van der Waals surface area contributed by atoms with E-state index in [9.17, 15) is 31.4 Å². The Labute approximate surface area is 137 Å². The molecule has 0 aliphatic heterocycles. The van der Waals surface area contributed by atoms with Gasteiger partial charge in [-0.3, -0.25) is 4.57 Å². The van der Waals surface area contributed by atoms with Crippen molar-refractivity contribution in [2.24, 2.45) is 0 Å². The van der Waals surface area contributed by atoms with E-state index in [1.807, 2.05) is 0 Å². The second-order valence-corrected chi connectivity index (χ2v) is 5.95. The zero-order valence-electron chi connectivity index (χ0n) is 11.8. The van der Waals surface area contributed by atoms with Gasteiger partial charge in [-0.1, -0.05) is 11.6 Å². The van der Waals surface area contributed by atoms with Gasteiger partial charge in [0.05, 0.1) is 5.69 Å². The van der Waals surface area contributed by atoms with Crippen molar-refractivity contribution in [1.29, 1.82) is 0 Å². The van der Waals surface area contributed by atoms with Crippen molar-refractivity contribution < 1.29 is 31.4 Å². The summed E-state index contributed by atoms with van der Waals surface area (Å²) in [6, 6.07) is 3.11. The van der Waals surface area contributed by atoms with Gasteiger partial charge in [-0.15, -0.1) is 13.2 Å². The minimum absolute atomic E-state index is 0.0176. The molecule has 1 aliphatic carbocycles. The van der Waals surface area contributed by atoms with Crippen molar-refractivity contribution in [2.45, 2.75) is 31.2 Å². The van der Waals surface area contributed by atoms with Gasteiger partial charge in [0.25, 0.3) is 0 Å². The Bertz CT molecular complexity index is 767. The highest BCUT2D eigenvalue weighted by Gasteiger charge is 2.45. The Balaban J connectivity index is 2.27. The third-order valence-corrected chi connectivity index (χ3v) is 4.14. The zero-order valence-corrected chi connectivity index (χ0v) is 12.5. The molecule has 0 fully saturated rings. The maximum atomic E-state index is 13.7. The Morgan fingerprint density at radius 2 is 1.83 bits per heavy atom. The number of fused-ring (bicyclic) bond motifs is 1. The van der Waals surface area contributed by atoms with Crippen molar-refractivity contribution in [1.82, 2.24) is 4.57 Å². The van der Waals surface area contributed by atoms with Crippen LogP contribution >= 0.6 is 11.6 Å². The molecule has 0 bridgehead atoms. The number of alkyl halides is 5. The number of aromatic nitrogens is 1. The third kappa shape index (κ3) is 2.77. The van der Waals surface area contributed by atoms with Gasteiger partial charge in [-0.05, 0) is 29.3 Å². The van der Waals surface area contributed by atoms with Crippen molar-refractivity contribution in [3.05, 3.63) is 46.5 Å². The van der Waals surface area contributed by atoms with Crippen LogP contribution in [0.2, 0.25) is 5.02 Å². The standard InChI is InChI=1S/C15H10ClF6NO/c16-7-1-6(2-8(17)3-7)10-5-23(15(20,21)22)13-9(10)4-11(18)12(19)14(13)24/h1-3,5,11-12,14,24H,4H2. The van der Waals surface area contributed by atoms with Gasteiger partial charge in [-0.25, -0.2) is 13.2 Å². The summed E-state index contributed by atoms with van der Waals surface area (Å²) in [5.41, 5.74) is -1.17. The van der Waals surface area contributed by atoms with E-state index in [1.54, 1.807) is 0 Å². The number of hydrogen-bond acceptors (Lipinski definition) is 1. The molecule has 1 heterocycles. The highest BCUT2D eigenvalue weighted by molar-refractivity contribution is 6.30. The summed E-state index contributed by atoms with van der Waals surface area (Å²) in [5, 5.41) is 9.72. The van der Waals surface area contributed by atoms with E-state index in [2.05, 4.69) is 0 Å². The number of aliphatic hydroxyl groups excluding tert-OH is 1. The Morgan fingerprint density at radius 1 is 1.17 bits per heavy atom. The van der Waals surface area contributed by atoms with Crippen LogP contribution in [0.5, 0.6) is 0 Å². The van der Waals surface area contributed by atoms with E-state index in [0.29, 0.717) is 6.20 Å². The van der Waals surface area contributed by atoms with Crippen LogP contribution in [0, 0.1) is 5.82 Å². The van der Waals surface area contributed by atoms with Gasteiger partial charge in [-0.2, -0.15) is 0 Å². The average Bonchev–Trinajstić information content (AvgIpc) is 2.83. The van der Waals surface area contributed by atoms with E-state index >= 15 is 0 Å². The number of hydrogen-bond donors (Lipinski definition) is 1. The van der Waals surface area contributed by atoms with Gasteiger partial charge in [0.1, 0.15) is 18.1 Å². The normalized spacial score (nSPS) is 24.1. The smallest absolute Gasteiger partial charge is 0.384 e. The monoisotopic (exact) mass is 369 g/mol. The summed E-state index contributed by atoms with van der Waals surface area (Å²) in [7, 11) is 0. The molecule has 1 aromatic carbocycles. The van der Waals surface area contributed by atoms with E-state index in [1.165, 1.54) is 6.07 Å². The molecule has 1 aliphatic rings. The SMILES string of the molecule is OC1c2c(c(-c3cc(F)cc(Cl)c3)cn2C(F)(F)F)CC(F)C1F. The highest BCUT2D eigenvalue weighted by atomic mass is 35.5. The summed E-state index contributed by atoms with van der Waals surface area (Å²) in [4.78, 5) is 0. The molecule has 0 saturated heterocycles. The molecular formula is C15H10ClF6NO. The fourth-order valence-electron chi connectivity index (χ4n) is 2.92. The van der Waals surface area contributed by atoms with Crippen LogP contribution in [-0.4, -0.2) is 22.0 Å². The molecule has 0 saturated carbocycles. The molecule has 9 heteroatoms. The molecule has 130 valence electrons. The van der Waals surface area contributed by atoms with Crippen LogP contribution in [0.4, 0.5) is 26.3 Å². The van der Waals surface area contributed by atoms with Crippen LogP contribution in [0.1, 0.15) is 17.4 Å². The molecule has 3 rings (SSSR count). The first-order valence-electron chi connectivity index (χ1n) is 6.83. The molecule has 3 unspecified atom stereocenters. The summed E-state index contributed by atoms with van der Waals surface area (Å²) >= 11 is 5.71. The fraction of sp³-hybridized carbons (Fsp3) is 0.333. The molecule has 24 heavy (non-hydrogen) atoms. The fourth-order valence-corrected chi connectivity index (χ4v) is 3.14. The van der Waals surface area contributed by atoms with Crippen LogP contribution in [-0.2, 0) is 12.7 Å². The first-order valence-corrected chi connectivity index (χ1v) is 7.21.